The van der Waals surface area contributed by atoms with E-state index in [9.17, 15) is 27.9 Å². The highest BCUT2D eigenvalue weighted by Crippen LogP contribution is 2.27. The number of Topliss-reactive ketones (excluding diaryl/α,β-unsaturated/α-hetero) is 1. The van der Waals surface area contributed by atoms with Gasteiger partial charge >= 0.3 is 11.9 Å². The first kappa shape index (κ1) is 26.5. The Morgan fingerprint density at radius 1 is 1.20 bits per heavy atom. The average Bonchev–Trinajstić information content (AvgIpc) is 3.42. The molecule has 5 N–H and O–H groups in total. The summed E-state index contributed by atoms with van der Waals surface area (Å²) in [5.41, 5.74) is 5.91. The lowest BCUT2D eigenvalue weighted by Crippen LogP contribution is -2.38. The number of nitrogens with zero attached hydrogens (tertiary/aromatic N) is 1. The van der Waals surface area contributed by atoms with Gasteiger partial charge in [-0.25, -0.2) is 4.79 Å². The predicted molar refractivity (Wildman–Crippen MR) is 127 cm³/mol. The third-order valence-corrected chi connectivity index (χ3v) is 7.42. The highest BCUT2D eigenvalue weighted by molar-refractivity contribution is 7.85. The second-order valence-electron chi connectivity index (χ2n) is 8.18. The topological polar surface area (TPSA) is 188 Å². The third-order valence-electron chi connectivity index (χ3n) is 5.54. The maximum Gasteiger partial charge on any atom is 0.353 e. The molecule has 13 heteroatoms. The number of nitrogens with two attached hydrogens (primary N) is 1. The summed E-state index contributed by atoms with van der Waals surface area (Å²) in [6.07, 6.45) is 0.720. The molecular formula is C22H25N3O8S2. The van der Waals surface area contributed by atoms with Crippen molar-refractivity contribution in [2.75, 3.05) is 12.3 Å². The molecule has 1 aliphatic rings. The van der Waals surface area contributed by atoms with Crippen molar-refractivity contribution in [3.05, 3.63) is 51.7 Å². The number of carboxylic acids is 1. The van der Waals surface area contributed by atoms with Crippen molar-refractivity contribution in [1.82, 2.24) is 4.90 Å². The fourth-order valence-electron chi connectivity index (χ4n) is 3.86. The van der Waals surface area contributed by atoms with Gasteiger partial charge < -0.3 is 15.6 Å². The number of rotatable bonds is 11. The van der Waals surface area contributed by atoms with Gasteiger partial charge in [0.2, 0.25) is 0 Å². The number of amidine groups is 1. The van der Waals surface area contributed by atoms with Crippen LogP contribution < -0.4 is 10.5 Å². The standard InChI is InChI=1S/C22H25N3O8S2/c23-20(24)13-3-5-15(6-4-13)33-22(29)19-8-7-16(34-19)11-25-9-1-2-17(25)18(26)10-14(21(27)28)12-35(30,31)32/h3-8,14,17H,1-2,9-12H2,(H3,23,24)(H,27,28)(H,30,31,32)/t14-,17+/m0/s1. The van der Waals surface area contributed by atoms with Crippen LogP contribution in [0.15, 0.2) is 36.4 Å². The van der Waals surface area contributed by atoms with Gasteiger partial charge in [-0.15, -0.1) is 11.3 Å². The average molecular weight is 524 g/mol. The Morgan fingerprint density at radius 2 is 1.89 bits per heavy atom. The maximum atomic E-state index is 12.8. The zero-order valence-corrected chi connectivity index (χ0v) is 20.2. The molecule has 0 bridgehead atoms. The number of esters is 1. The number of nitrogens with one attached hydrogen (secondary N) is 1. The van der Waals surface area contributed by atoms with E-state index in [0.29, 0.717) is 42.1 Å². The molecule has 1 aromatic carbocycles. The summed E-state index contributed by atoms with van der Waals surface area (Å²) in [4.78, 5) is 39.6. The van der Waals surface area contributed by atoms with Crippen LogP contribution in [0.2, 0.25) is 0 Å². The van der Waals surface area contributed by atoms with Gasteiger partial charge in [0, 0.05) is 23.4 Å². The summed E-state index contributed by atoms with van der Waals surface area (Å²) >= 11 is 1.21. The van der Waals surface area contributed by atoms with E-state index in [2.05, 4.69) is 0 Å². The minimum atomic E-state index is -4.54. The van der Waals surface area contributed by atoms with E-state index < -0.39 is 52.0 Å². The lowest BCUT2D eigenvalue weighted by molar-refractivity contribution is -0.143. The van der Waals surface area contributed by atoms with Crippen molar-refractivity contribution in [2.24, 2.45) is 11.7 Å². The molecule has 0 unspecified atom stereocenters. The Balaban J connectivity index is 1.61. The molecule has 0 aliphatic carbocycles. The van der Waals surface area contributed by atoms with Crippen LogP contribution in [0.1, 0.15) is 39.4 Å². The van der Waals surface area contributed by atoms with Gasteiger partial charge in [0.25, 0.3) is 10.1 Å². The zero-order chi connectivity index (χ0) is 25.8. The smallest absolute Gasteiger partial charge is 0.353 e. The van der Waals surface area contributed by atoms with Crippen molar-refractivity contribution >= 4 is 45.0 Å². The molecule has 1 saturated heterocycles. The van der Waals surface area contributed by atoms with Crippen molar-refractivity contribution < 1.29 is 37.2 Å². The summed E-state index contributed by atoms with van der Waals surface area (Å²) in [5, 5.41) is 16.6. The molecule has 0 radical (unpaired) electrons. The molecule has 1 aromatic heterocycles. The Bertz CT molecular complexity index is 1220. The van der Waals surface area contributed by atoms with E-state index in [1.165, 1.54) is 23.5 Å². The Morgan fingerprint density at radius 3 is 2.49 bits per heavy atom. The number of carboxylic acid groups (broad SMARTS) is 1. The van der Waals surface area contributed by atoms with Crippen LogP contribution >= 0.6 is 11.3 Å². The number of thiophene rings is 1. The Kier molecular flexibility index (Phi) is 8.38. The highest BCUT2D eigenvalue weighted by Gasteiger charge is 2.35. The lowest BCUT2D eigenvalue weighted by Gasteiger charge is -2.23. The number of hydrogen-bond donors (Lipinski definition) is 4. The first-order valence-electron chi connectivity index (χ1n) is 10.6. The van der Waals surface area contributed by atoms with Crippen molar-refractivity contribution in [2.45, 2.75) is 31.8 Å². The minimum Gasteiger partial charge on any atom is -0.481 e. The van der Waals surface area contributed by atoms with E-state index in [4.69, 9.17) is 20.4 Å². The SMILES string of the molecule is N=C(N)c1ccc(OC(=O)c2ccc(CN3CCC[C@@H]3C(=O)C[C@@H](CS(=O)(=O)O)C(=O)O)s2)cc1. The summed E-state index contributed by atoms with van der Waals surface area (Å²) in [7, 11) is -4.54. The summed E-state index contributed by atoms with van der Waals surface area (Å²) in [6.45, 7) is 0.949. The molecule has 188 valence electrons. The summed E-state index contributed by atoms with van der Waals surface area (Å²) in [5.74, 6) is -4.75. The zero-order valence-electron chi connectivity index (χ0n) is 18.5. The maximum absolute atomic E-state index is 12.8. The number of nitrogen functional groups attached to an aromatic ring is 1. The number of carbonyl (C=O) groups is 3. The quantitative estimate of drug-likeness (QED) is 0.111. The van der Waals surface area contributed by atoms with E-state index in [1.807, 2.05) is 4.90 Å². The third kappa shape index (κ3) is 7.42. The van der Waals surface area contributed by atoms with E-state index in [0.717, 1.165) is 4.88 Å². The second-order valence-corrected chi connectivity index (χ2v) is 10.8. The summed E-state index contributed by atoms with van der Waals surface area (Å²) < 4.78 is 36.5. The van der Waals surface area contributed by atoms with Crippen LogP contribution in [0, 0.1) is 11.3 Å². The predicted octanol–water partition coefficient (Wildman–Crippen LogP) is 1.76. The molecule has 2 aromatic rings. The number of carbonyl (C=O) groups excluding carboxylic acids is 2. The number of likely N-dealkylation sites (tertiary alicyclic amines) is 1. The van der Waals surface area contributed by atoms with Crippen molar-refractivity contribution in [3.63, 3.8) is 0 Å². The van der Waals surface area contributed by atoms with Crippen LogP contribution in [0.4, 0.5) is 0 Å². The second kappa shape index (κ2) is 11.1. The molecule has 3 rings (SSSR count). The molecule has 1 fully saturated rings. The van der Waals surface area contributed by atoms with Gasteiger partial charge in [-0.1, -0.05) is 0 Å². The molecule has 11 nitrogen and oxygen atoms in total. The van der Waals surface area contributed by atoms with E-state index in [1.54, 1.807) is 24.3 Å². The fraction of sp³-hybridized carbons (Fsp3) is 0.364. The van der Waals surface area contributed by atoms with Crippen LogP contribution in [-0.2, 0) is 26.3 Å². The number of ether oxygens (including phenoxy) is 1. The van der Waals surface area contributed by atoms with Crippen molar-refractivity contribution in [1.29, 1.82) is 5.41 Å². The van der Waals surface area contributed by atoms with Gasteiger partial charge in [-0.2, -0.15) is 8.42 Å². The van der Waals surface area contributed by atoms with Gasteiger partial charge in [0.05, 0.1) is 17.7 Å². The number of hydrogen-bond acceptors (Lipinski definition) is 9. The molecule has 2 heterocycles. The van der Waals surface area contributed by atoms with Crippen LogP contribution in [0.3, 0.4) is 0 Å². The molecule has 0 spiro atoms. The minimum absolute atomic E-state index is 0.0959. The normalized spacial score (nSPS) is 17.1. The van der Waals surface area contributed by atoms with E-state index >= 15 is 0 Å². The lowest BCUT2D eigenvalue weighted by atomic mass is 9.98. The first-order chi connectivity index (χ1) is 16.4. The molecule has 0 amide bonds. The number of aliphatic carboxylic acids is 1. The molecule has 35 heavy (non-hydrogen) atoms. The van der Waals surface area contributed by atoms with Gasteiger partial charge in [0.15, 0.2) is 5.78 Å². The van der Waals surface area contributed by atoms with Crippen LogP contribution in [-0.4, -0.2) is 64.9 Å². The van der Waals surface area contributed by atoms with Gasteiger partial charge in [0.1, 0.15) is 16.5 Å². The van der Waals surface area contributed by atoms with Crippen molar-refractivity contribution in [3.8, 4) is 5.75 Å². The first-order valence-corrected chi connectivity index (χ1v) is 13.1. The van der Waals surface area contributed by atoms with Crippen LogP contribution in [0.5, 0.6) is 5.75 Å². The molecule has 0 saturated carbocycles. The summed E-state index contributed by atoms with van der Waals surface area (Å²) in [6, 6.07) is 9.01. The van der Waals surface area contributed by atoms with Crippen LogP contribution in [0.25, 0.3) is 0 Å². The fourth-order valence-corrected chi connectivity index (χ4v) is 5.54. The number of benzene rings is 1. The number of ketones is 1. The van der Waals surface area contributed by atoms with Gasteiger partial charge in [-0.05, 0) is 55.8 Å². The Labute approximate surface area is 205 Å². The largest absolute Gasteiger partial charge is 0.481 e. The van der Waals surface area contributed by atoms with E-state index in [-0.39, 0.29) is 5.84 Å². The molecule has 2 atom stereocenters. The van der Waals surface area contributed by atoms with Gasteiger partial charge in [-0.3, -0.25) is 24.5 Å². The monoisotopic (exact) mass is 523 g/mol. The molecule has 1 aliphatic heterocycles. The Hall–Kier alpha value is -3.13. The highest BCUT2D eigenvalue weighted by atomic mass is 32.2. The molecular weight excluding hydrogens is 498 g/mol.